The van der Waals surface area contributed by atoms with Crippen molar-refractivity contribution >= 4 is 22.6 Å². The number of para-hydroxylation sites is 1. The van der Waals surface area contributed by atoms with Crippen LogP contribution in [0, 0.1) is 6.92 Å². The molecule has 0 saturated carbocycles. The molecule has 0 radical (unpaired) electrons. The van der Waals surface area contributed by atoms with Gasteiger partial charge in [0.2, 0.25) is 0 Å². The first-order valence-electron chi connectivity index (χ1n) is 8.13. The summed E-state index contributed by atoms with van der Waals surface area (Å²) in [5.41, 5.74) is 2.50. The van der Waals surface area contributed by atoms with Gasteiger partial charge in [-0.15, -0.1) is 0 Å². The molecule has 0 aliphatic carbocycles. The highest BCUT2D eigenvalue weighted by Crippen LogP contribution is 2.22. The van der Waals surface area contributed by atoms with E-state index < -0.39 is 0 Å². The fourth-order valence-electron chi connectivity index (χ4n) is 2.90. The molecule has 1 aliphatic rings. The number of aryl methyl sites for hydroxylation is 1. The Kier molecular flexibility index (Phi) is 4.76. The van der Waals surface area contributed by atoms with Gasteiger partial charge in [-0.25, -0.2) is 4.79 Å². The van der Waals surface area contributed by atoms with Crippen LogP contribution in [0.3, 0.4) is 0 Å². The second-order valence-corrected chi connectivity index (χ2v) is 6.13. The third-order valence-corrected chi connectivity index (χ3v) is 4.20. The van der Waals surface area contributed by atoms with Gasteiger partial charge in [-0.2, -0.15) is 0 Å². The highest BCUT2D eigenvalue weighted by atomic mass is 16.5. The number of nitrogens with one attached hydrogen (secondary N) is 1. The predicted molar refractivity (Wildman–Crippen MR) is 91.7 cm³/mol. The molecule has 1 fully saturated rings. The SMILES string of the molecule is Cc1ccc2cccc(NC(=O)N(C)CC3CCCCO3)c2n1. The van der Waals surface area contributed by atoms with Crippen LogP contribution in [0.2, 0.25) is 0 Å². The molecule has 1 aromatic heterocycles. The second-order valence-electron chi connectivity index (χ2n) is 6.13. The van der Waals surface area contributed by atoms with Gasteiger partial charge in [-0.1, -0.05) is 18.2 Å². The van der Waals surface area contributed by atoms with Crippen molar-refractivity contribution in [3.63, 3.8) is 0 Å². The van der Waals surface area contributed by atoms with Crippen molar-refractivity contribution in [3.05, 3.63) is 36.0 Å². The summed E-state index contributed by atoms with van der Waals surface area (Å²) in [6.07, 6.45) is 3.46. The van der Waals surface area contributed by atoms with E-state index in [4.69, 9.17) is 4.74 Å². The second kappa shape index (κ2) is 6.96. The summed E-state index contributed by atoms with van der Waals surface area (Å²) in [7, 11) is 1.80. The molecule has 1 N–H and O–H groups in total. The zero-order valence-corrected chi connectivity index (χ0v) is 13.7. The zero-order valence-electron chi connectivity index (χ0n) is 13.7. The van der Waals surface area contributed by atoms with Crippen molar-refractivity contribution in [2.24, 2.45) is 0 Å². The molecule has 3 rings (SSSR count). The number of carbonyl (C=O) groups is 1. The zero-order chi connectivity index (χ0) is 16.2. The molecular formula is C18H23N3O2. The van der Waals surface area contributed by atoms with Crippen molar-refractivity contribution in [3.8, 4) is 0 Å². The number of pyridine rings is 1. The summed E-state index contributed by atoms with van der Waals surface area (Å²) < 4.78 is 5.70. The third kappa shape index (κ3) is 3.79. The Bertz CT molecular complexity index is 696. The van der Waals surface area contributed by atoms with Gasteiger partial charge in [0, 0.05) is 31.3 Å². The number of anilines is 1. The maximum absolute atomic E-state index is 12.4. The first-order chi connectivity index (χ1) is 11.1. The van der Waals surface area contributed by atoms with Crippen molar-refractivity contribution in [2.75, 3.05) is 25.5 Å². The van der Waals surface area contributed by atoms with E-state index in [1.807, 2.05) is 37.3 Å². The molecule has 1 unspecified atom stereocenters. The number of hydrogen-bond donors (Lipinski definition) is 1. The van der Waals surface area contributed by atoms with Crippen LogP contribution in [-0.4, -0.2) is 42.2 Å². The van der Waals surface area contributed by atoms with E-state index in [0.29, 0.717) is 6.54 Å². The molecule has 5 heteroatoms. The van der Waals surface area contributed by atoms with Gasteiger partial charge in [-0.05, 0) is 38.3 Å². The number of urea groups is 1. The lowest BCUT2D eigenvalue weighted by molar-refractivity contribution is 0.00464. The fraction of sp³-hybridized carbons (Fsp3) is 0.444. The molecule has 23 heavy (non-hydrogen) atoms. The van der Waals surface area contributed by atoms with Crippen LogP contribution in [0.4, 0.5) is 10.5 Å². The molecule has 1 aliphatic heterocycles. The molecule has 122 valence electrons. The van der Waals surface area contributed by atoms with Gasteiger partial charge in [0.1, 0.15) is 0 Å². The van der Waals surface area contributed by atoms with Gasteiger partial charge in [0.15, 0.2) is 0 Å². The topological polar surface area (TPSA) is 54.5 Å². The van der Waals surface area contributed by atoms with E-state index in [-0.39, 0.29) is 12.1 Å². The monoisotopic (exact) mass is 313 g/mol. The van der Waals surface area contributed by atoms with Crippen molar-refractivity contribution < 1.29 is 9.53 Å². The number of amides is 2. The minimum Gasteiger partial charge on any atom is -0.376 e. The van der Waals surface area contributed by atoms with Crippen LogP contribution in [0.15, 0.2) is 30.3 Å². The quantitative estimate of drug-likeness (QED) is 0.942. The van der Waals surface area contributed by atoms with Gasteiger partial charge in [0.05, 0.1) is 17.3 Å². The van der Waals surface area contributed by atoms with Crippen LogP contribution >= 0.6 is 0 Å². The Morgan fingerprint density at radius 1 is 1.35 bits per heavy atom. The average Bonchev–Trinajstić information content (AvgIpc) is 2.56. The maximum Gasteiger partial charge on any atom is 0.321 e. The van der Waals surface area contributed by atoms with Crippen molar-refractivity contribution in [2.45, 2.75) is 32.3 Å². The Hall–Kier alpha value is -2.14. The Morgan fingerprint density at radius 3 is 3.00 bits per heavy atom. The van der Waals surface area contributed by atoms with E-state index in [2.05, 4.69) is 10.3 Å². The van der Waals surface area contributed by atoms with Crippen LogP contribution in [0.1, 0.15) is 25.0 Å². The van der Waals surface area contributed by atoms with Crippen LogP contribution in [0.5, 0.6) is 0 Å². The smallest absolute Gasteiger partial charge is 0.321 e. The number of nitrogens with zero attached hydrogens (tertiary/aromatic N) is 2. The number of fused-ring (bicyclic) bond motifs is 1. The summed E-state index contributed by atoms with van der Waals surface area (Å²) in [4.78, 5) is 18.7. The molecule has 1 saturated heterocycles. The Labute approximate surface area is 136 Å². The number of aromatic nitrogens is 1. The fourth-order valence-corrected chi connectivity index (χ4v) is 2.90. The molecule has 2 amide bonds. The van der Waals surface area contributed by atoms with Crippen molar-refractivity contribution in [1.82, 2.24) is 9.88 Å². The number of benzene rings is 1. The summed E-state index contributed by atoms with van der Waals surface area (Å²) in [6, 6.07) is 9.68. The normalized spacial score (nSPS) is 17.9. The first kappa shape index (κ1) is 15.7. The third-order valence-electron chi connectivity index (χ3n) is 4.20. The largest absolute Gasteiger partial charge is 0.376 e. The highest BCUT2D eigenvalue weighted by Gasteiger charge is 2.19. The van der Waals surface area contributed by atoms with Gasteiger partial charge >= 0.3 is 6.03 Å². The Balaban J connectivity index is 1.70. The number of hydrogen-bond acceptors (Lipinski definition) is 3. The number of ether oxygens (including phenoxy) is 1. The van der Waals surface area contributed by atoms with Crippen LogP contribution < -0.4 is 5.32 Å². The minimum absolute atomic E-state index is 0.130. The highest BCUT2D eigenvalue weighted by molar-refractivity contribution is 5.99. The van der Waals surface area contributed by atoms with E-state index in [1.165, 1.54) is 6.42 Å². The van der Waals surface area contributed by atoms with Crippen LogP contribution in [0.25, 0.3) is 10.9 Å². The minimum atomic E-state index is -0.130. The molecule has 1 atom stereocenters. The maximum atomic E-state index is 12.4. The lowest BCUT2D eigenvalue weighted by atomic mass is 10.1. The molecule has 0 bridgehead atoms. The summed E-state index contributed by atoms with van der Waals surface area (Å²) in [6.45, 7) is 3.36. The molecule has 2 heterocycles. The van der Waals surface area contributed by atoms with Gasteiger partial charge in [0.25, 0.3) is 0 Å². The predicted octanol–water partition coefficient (Wildman–Crippen LogP) is 3.58. The Morgan fingerprint density at radius 2 is 2.22 bits per heavy atom. The van der Waals surface area contributed by atoms with E-state index in [0.717, 1.165) is 41.7 Å². The molecular weight excluding hydrogens is 290 g/mol. The summed E-state index contributed by atoms with van der Waals surface area (Å²) >= 11 is 0. The number of carbonyl (C=O) groups excluding carboxylic acids is 1. The van der Waals surface area contributed by atoms with Crippen molar-refractivity contribution in [1.29, 1.82) is 0 Å². The van der Waals surface area contributed by atoms with Crippen LogP contribution in [-0.2, 0) is 4.74 Å². The standard InChI is InChI=1S/C18H23N3O2/c1-13-9-10-14-6-5-8-16(17(14)19-13)20-18(22)21(2)12-15-7-3-4-11-23-15/h5-6,8-10,15H,3-4,7,11-12H2,1-2H3,(H,20,22). The molecule has 1 aromatic carbocycles. The number of likely N-dealkylation sites (N-methyl/N-ethyl adjacent to an activating group) is 1. The van der Waals surface area contributed by atoms with Gasteiger partial charge in [-0.3, -0.25) is 4.98 Å². The molecule has 0 spiro atoms. The lowest BCUT2D eigenvalue weighted by Gasteiger charge is -2.27. The average molecular weight is 313 g/mol. The summed E-state index contributed by atoms with van der Waals surface area (Å²) in [5, 5.41) is 3.99. The number of rotatable bonds is 3. The first-order valence-corrected chi connectivity index (χ1v) is 8.13. The lowest BCUT2D eigenvalue weighted by Crippen LogP contribution is -2.39. The van der Waals surface area contributed by atoms with Gasteiger partial charge < -0.3 is 15.0 Å². The van der Waals surface area contributed by atoms with E-state index in [9.17, 15) is 4.79 Å². The van der Waals surface area contributed by atoms with E-state index in [1.54, 1.807) is 11.9 Å². The molecule has 5 nitrogen and oxygen atoms in total. The summed E-state index contributed by atoms with van der Waals surface area (Å²) in [5.74, 6) is 0. The van der Waals surface area contributed by atoms with E-state index >= 15 is 0 Å². The molecule has 2 aromatic rings.